The van der Waals surface area contributed by atoms with Crippen LogP contribution in [0.4, 0.5) is 4.79 Å². The summed E-state index contributed by atoms with van der Waals surface area (Å²) < 4.78 is 10.9. The number of nitrogens with zero attached hydrogens (tertiary/aromatic N) is 1. The van der Waals surface area contributed by atoms with Gasteiger partial charge in [0.05, 0.1) is 12.7 Å². The Morgan fingerprint density at radius 3 is 1.74 bits per heavy atom. The van der Waals surface area contributed by atoms with E-state index in [0.717, 1.165) is 17.7 Å². The number of hydrogen-bond acceptors (Lipinski definition) is 8. The van der Waals surface area contributed by atoms with E-state index in [1.807, 2.05) is 78.9 Å². The molecule has 10 heteroatoms. The third-order valence-corrected chi connectivity index (χ3v) is 8.41. The maximum Gasteiger partial charge on any atom is 0.408 e. The first-order valence-corrected chi connectivity index (χ1v) is 17.2. The summed E-state index contributed by atoms with van der Waals surface area (Å²) in [6, 6.07) is 26.7. The lowest BCUT2D eigenvalue weighted by molar-refractivity contribution is -0.170. The number of ether oxygens (including phenoxy) is 2. The molecule has 3 aromatic carbocycles. The molecule has 0 aliphatic rings. The van der Waals surface area contributed by atoms with Gasteiger partial charge >= 0.3 is 12.1 Å². The van der Waals surface area contributed by atoms with Gasteiger partial charge in [0.25, 0.3) is 5.91 Å². The standard InChI is InChI=1S/C40H53N3O7/c1-38(2,3)50-37(47)42-33(28-39(4,48)29-41)35(45)43(34(44)25-17-9-12-20-30-18-10-6-11-19-30)40(36(46)49-5,26-31-21-13-7-14-22-31)27-32-23-15-8-16-24-32/h6-8,10-11,13-16,18-19,21-24,33,48H,9,12,17,20,25-29,41H2,1-5H3,(H,42,47)/t33-,39+/m1/s1. The molecule has 2 atom stereocenters. The number of imide groups is 1. The average Bonchev–Trinajstić information content (AvgIpc) is 3.07. The molecule has 0 heterocycles. The van der Waals surface area contributed by atoms with Crippen molar-refractivity contribution in [1.29, 1.82) is 0 Å². The second-order valence-corrected chi connectivity index (χ2v) is 14.1. The first-order valence-electron chi connectivity index (χ1n) is 17.2. The number of aliphatic hydroxyl groups is 1. The van der Waals surface area contributed by atoms with Crippen LogP contribution in [0.2, 0.25) is 0 Å². The van der Waals surface area contributed by atoms with Crippen LogP contribution in [0, 0.1) is 0 Å². The van der Waals surface area contributed by atoms with Crippen LogP contribution in [0.1, 0.15) is 76.5 Å². The number of methoxy groups -OCH3 is 1. The number of aryl methyl sites for hydroxylation is 1. The second kappa shape index (κ2) is 18.5. The molecule has 0 radical (unpaired) electrons. The van der Waals surface area contributed by atoms with Crippen LogP contribution < -0.4 is 11.1 Å². The molecular weight excluding hydrogens is 634 g/mol. The van der Waals surface area contributed by atoms with Crippen molar-refractivity contribution >= 4 is 23.9 Å². The molecule has 0 saturated carbocycles. The highest BCUT2D eigenvalue weighted by molar-refractivity contribution is 6.04. The fourth-order valence-electron chi connectivity index (χ4n) is 5.95. The highest BCUT2D eigenvalue weighted by Crippen LogP contribution is 2.31. The number of esters is 1. The lowest BCUT2D eigenvalue weighted by atomic mass is 9.81. The molecule has 0 aliphatic heterocycles. The Bertz CT molecular complexity index is 1480. The molecule has 4 N–H and O–H groups in total. The number of carbonyl (C=O) groups excluding carboxylic acids is 4. The maximum absolute atomic E-state index is 15.0. The summed E-state index contributed by atoms with van der Waals surface area (Å²) in [4.78, 5) is 57.9. The molecule has 3 rings (SSSR count). The van der Waals surface area contributed by atoms with Crippen LogP contribution >= 0.6 is 0 Å². The summed E-state index contributed by atoms with van der Waals surface area (Å²) in [5.74, 6) is -2.27. The number of unbranched alkanes of at least 4 members (excludes halogenated alkanes) is 2. The van der Waals surface area contributed by atoms with Crippen LogP contribution in [-0.2, 0) is 43.1 Å². The Morgan fingerprint density at radius 1 is 0.780 bits per heavy atom. The van der Waals surface area contributed by atoms with Crippen molar-refractivity contribution in [2.45, 2.75) is 102 Å². The van der Waals surface area contributed by atoms with E-state index in [2.05, 4.69) is 17.4 Å². The summed E-state index contributed by atoms with van der Waals surface area (Å²) in [7, 11) is 1.22. The van der Waals surface area contributed by atoms with E-state index in [-0.39, 0.29) is 32.2 Å². The van der Waals surface area contributed by atoms with Gasteiger partial charge < -0.3 is 25.6 Å². The van der Waals surface area contributed by atoms with Gasteiger partial charge in [-0.1, -0.05) is 97.4 Å². The van der Waals surface area contributed by atoms with Crippen molar-refractivity contribution in [3.63, 3.8) is 0 Å². The van der Waals surface area contributed by atoms with Crippen molar-refractivity contribution in [1.82, 2.24) is 10.2 Å². The van der Waals surface area contributed by atoms with Gasteiger partial charge in [0.15, 0.2) is 5.54 Å². The molecule has 0 aromatic heterocycles. The van der Waals surface area contributed by atoms with Crippen molar-refractivity contribution in [2.75, 3.05) is 13.7 Å². The first kappa shape index (κ1) is 39.9. The molecule has 270 valence electrons. The van der Waals surface area contributed by atoms with Gasteiger partial charge in [-0.25, -0.2) is 9.59 Å². The van der Waals surface area contributed by atoms with E-state index in [4.69, 9.17) is 15.2 Å². The summed E-state index contributed by atoms with van der Waals surface area (Å²) in [5.41, 5.74) is 4.04. The van der Waals surface area contributed by atoms with E-state index < -0.39 is 46.7 Å². The third kappa shape index (κ3) is 12.1. The largest absolute Gasteiger partial charge is 0.467 e. The number of nitrogens with one attached hydrogen (secondary N) is 1. The van der Waals surface area contributed by atoms with Gasteiger partial charge in [0.2, 0.25) is 5.91 Å². The normalized spacial score (nSPS) is 13.4. The van der Waals surface area contributed by atoms with Crippen LogP contribution in [0.5, 0.6) is 0 Å². The lowest BCUT2D eigenvalue weighted by Gasteiger charge is -2.43. The van der Waals surface area contributed by atoms with Crippen LogP contribution in [0.25, 0.3) is 0 Å². The predicted molar refractivity (Wildman–Crippen MR) is 193 cm³/mol. The van der Waals surface area contributed by atoms with Crippen molar-refractivity contribution < 1.29 is 33.8 Å². The molecular formula is C40H53N3O7. The van der Waals surface area contributed by atoms with Gasteiger partial charge in [-0.2, -0.15) is 0 Å². The number of alkyl carbamates (subject to hydrolysis) is 1. The van der Waals surface area contributed by atoms with Gasteiger partial charge in [0.1, 0.15) is 11.6 Å². The molecule has 50 heavy (non-hydrogen) atoms. The minimum Gasteiger partial charge on any atom is -0.467 e. The van der Waals surface area contributed by atoms with Crippen molar-refractivity contribution in [2.24, 2.45) is 5.73 Å². The zero-order valence-corrected chi connectivity index (χ0v) is 30.0. The summed E-state index contributed by atoms with van der Waals surface area (Å²) in [6.07, 6.45) is 1.37. The molecule has 3 aromatic rings. The third-order valence-electron chi connectivity index (χ3n) is 8.41. The Balaban J connectivity index is 2.13. The Morgan fingerprint density at radius 2 is 1.28 bits per heavy atom. The summed E-state index contributed by atoms with van der Waals surface area (Å²) in [5, 5.41) is 13.6. The van der Waals surface area contributed by atoms with E-state index >= 15 is 0 Å². The van der Waals surface area contributed by atoms with Gasteiger partial charge in [0, 0.05) is 32.2 Å². The minimum absolute atomic E-state index is 0.0463. The fourth-order valence-corrected chi connectivity index (χ4v) is 5.95. The van der Waals surface area contributed by atoms with E-state index in [1.54, 1.807) is 20.8 Å². The number of amides is 3. The van der Waals surface area contributed by atoms with E-state index in [1.165, 1.54) is 19.6 Å². The Hall–Kier alpha value is -4.54. The van der Waals surface area contributed by atoms with Crippen molar-refractivity contribution in [3.8, 4) is 0 Å². The predicted octanol–water partition coefficient (Wildman–Crippen LogP) is 5.54. The molecule has 0 fully saturated rings. The van der Waals surface area contributed by atoms with Crippen molar-refractivity contribution in [3.05, 3.63) is 108 Å². The molecule has 0 spiro atoms. The zero-order chi connectivity index (χ0) is 36.8. The zero-order valence-electron chi connectivity index (χ0n) is 30.0. The number of carbonyl (C=O) groups is 4. The number of hydrogen-bond donors (Lipinski definition) is 3. The van der Waals surface area contributed by atoms with Crippen LogP contribution in [-0.4, -0.2) is 70.3 Å². The Labute approximate surface area is 296 Å². The van der Waals surface area contributed by atoms with Crippen LogP contribution in [0.15, 0.2) is 91.0 Å². The lowest BCUT2D eigenvalue weighted by Crippen LogP contribution is -2.66. The monoisotopic (exact) mass is 687 g/mol. The quantitative estimate of drug-likeness (QED) is 0.124. The average molecular weight is 688 g/mol. The van der Waals surface area contributed by atoms with Gasteiger partial charge in [-0.3, -0.25) is 14.5 Å². The highest BCUT2D eigenvalue weighted by atomic mass is 16.6. The molecule has 3 amide bonds. The van der Waals surface area contributed by atoms with Gasteiger partial charge in [-0.05, 0) is 63.6 Å². The van der Waals surface area contributed by atoms with Gasteiger partial charge in [-0.15, -0.1) is 0 Å². The van der Waals surface area contributed by atoms with E-state index in [0.29, 0.717) is 24.0 Å². The topological polar surface area (TPSA) is 148 Å². The molecule has 0 bridgehead atoms. The summed E-state index contributed by atoms with van der Waals surface area (Å²) >= 11 is 0. The maximum atomic E-state index is 15.0. The van der Waals surface area contributed by atoms with E-state index in [9.17, 15) is 24.3 Å². The Kier molecular flexibility index (Phi) is 14.7. The fraction of sp³-hybridized carbons (Fsp3) is 0.450. The first-order chi connectivity index (χ1) is 23.7. The highest BCUT2D eigenvalue weighted by Gasteiger charge is 2.52. The SMILES string of the molecule is COC(=O)C(Cc1ccccc1)(Cc1ccccc1)N(C(=O)CCCCCc1ccccc1)C(=O)[C@@H](C[C@](C)(O)CN)NC(=O)OC(C)(C)C. The molecule has 0 unspecified atom stereocenters. The molecule has 10 nitrogen and oxygen atoms in total. The number of benzene rings is 3. The molecule has 0 aliphatic carbocycles. The number of rotatable bonds is 17. The second-order valence-electron chi connectivity index (χ2n) is 14.1. The molecule has 0 saturated heterocycles. The number of nitrogens with two attached hydrogens (primary N) is 1. The minimum atomic E-state index is -1.86. The van der Waals surface area contributed by atoms with Crippen LogP contribution in [0.3, 0.4) is 0 Å². The summed E-state index contributed by atoms with van der Waals surface area (Å²) in [6.45, 7) is 6.22. The smallest absolute Gasteiger partial charge is 0.408 e.